The van der Waals surface area contributed by atoms with Crippen LogP contribution in [-0.2, 0) is 26.2 Å². The zero-order valence-electron chi connectivity index (χ0n) is 25.0. The molecule has 1 unspecified atom stereocenters. The van der Waals surface area contributed by atoms with E-state index < -0.39 is 28.5 Å². The SMILES string of the molecule is CC(C(=O)NC1CCCC1)N(Cc1ccccc1Cl)C(=O)CN(c1ccc(Oc2ccccc2)cc1)S(=O)(=O)c1ccccc1. The highest BCUT2D eigenvalue weighted by Crippen LogP contribution is 2.29. The number of para-hydroxylation sites is 1. The first-order valence-corrected chi connectivity index (χ1v) is 16.8. The van der Waals surface area contributed by atoms with Crippen LogP contribution in [-0.4, -0.2) is 43.8 Å². The maximum absolute atomic E-state index is 14.2. The minimum atomic E-state index is -4.18. The molecule has 1 atom stereocenters. The van der Waals surface area contributed by atoms with Crippen LogP contribution in [0.15, 0.2) is 114 Å². The van der Waals surface area contributed by atoms with Crippen molar-refractivity contribution in [2.24, 2.45) is 0 Å². The Bertz CT molecular complexity index is 1700. The quantitative estimate of drug-likeness (QED) is 0.183. The Labute approximate surface area is 269 Å². The van der Waals surface area contributed by atoms with Gasteiger partial charge in [0.2, 0.25) is 11.8 Å². The fourth-order valence-electron chi connectivity index (χ4n) is 5.34. The van der Waals surface area contributed by atoms with E-state index in [2.05, 4.69) is 5.32 Å². The largest absolute Gasteiger partial charge is 0.457 e. The van der Waals surface area contributed by atoms with Gasteiger partial charge in [-0.25, -0.2) is 8.42 Å². The van der Waals surface area contributed by atoms with E-state index in [-0.39, 0.29) is 29.1 Å². The molecule has 0 heterocycles. The molecule has 1 aliphatic rings. The van der Waals surface area contributed by atoms with Crippen molar-refractivity contribution in [1.82, 2.24) is 10.2 Å². The lowest BCUT2D eigenvalue weighted by atomic mass is 10.1. The number of sulfonamides is 1. The van der Waals surface area contributed by atoms with Gasteiger partial charge in [0.25, 0.3) is 10.0 Å². The van der Waals surface area contributed by atoms with Crippen LogP contribution in [0.25, 0.3) is 0 Å². The topological polar surface area (TPSA) is 96.0 Å². The number of carbonyl (C=O) groups excluding carboxylic acids is 2. The van der Waals surface area contributed by atoms with Crippen LogP contribution in [0.2, 0.25) is 5.02 Å². The second-order valence-corrected chi connectivity index (χ2v) is 13.3. The highest BCUT2D eigenvalue weighted by Gasteiger charge is 2.33. The van der Waals surface area contributed by atoms with E-state index in [1.54, 1.807) is 73.7 Å². The van der Waals surface area contributed by atoms with Gasteiger partial charge in [0.15, 0.2) is 0 Å². The average molecular weight is 646 g/mol. The van der Waals surface area contributed by atoms with E-state index in [4.69, 9.17) is 16.3 Å². The summed E-state index contributed by atoms with van der Waals surface area (Å²) in [6, 6.07) is 29.9. The molecule has 1 N–H and O–H groups in total. The smallest absolute Gasteiger partial charge is 0.264 e. The zero-order chi connectivity index (χ0) is 31.8. The Balaban J connectivity index is 1.46. The molecule has 234 valence electrons. The van der Waals surface area contributed by atoms with E-state index in [1.165, 1.54) is 17.0 Å². The second kappa shape index (κ2) is 14.6. The molecule has 1 fully saturated rings. The Morgan fingerprint density at radius 1 is 0.844 bits per heavy atom. The van der Waals surface area contributed by atoms with Crippen molar-refractivity contribution in [3.63, 3.8) is 0 Å². The molecular weight excluding hydrogens is 610 g/mol. The summed E-state index contributed by atoms with van der Waals surface area (Å²) in [6.07, 6.45) is 3.88. The Morgan fingerprint density at radius 3 is 2.07 bits per heavy atom. The van der Waals surface area contributed by atoms with Crippen molar-refractivity contribution < 1.29 is 22.7 Å². The maximum atomic E-state index is 14.2. The molecule has 0 radical (unpaired) electrons. The highest BCUT2D eigenvalue weighted by atomic mass is 35.5. The van der Waals surface area contributed by atoms with Gasteiger partial charge >= 0.3 is 0 Å². The maximum Gasteiger partial charge on any atom is 0.264 e. The van der Waals surface area contributed by atoms with Gasteiger partial charge < -0.3 is 15.0 Å². The number of rotatable bonds is 12. The normalized spacial score (nSPS) is 14.0. The van der Waals surface area contributed by atoms with Gasteiger partial charge in [-0.3, -0.25) is 13.9 Å². The van der Waals surface area contributed by atoms with Crippen LogP contribution < -0.4 is 14.4 Å². The monoisotopic (exact) mass is 645 g/mol. The highest BCUT2D eigenvalue weighted by molar-refractivity contribution is 7.92. The van der Waals surface area contributed by atoms with Crippen LogP contribution in [0.4, 0.5) is 5.69 Å². The van der Waals surface area contributed by atoms with E-state index in [1.807, 2.05) is 30.3 Å². The van der Waals surface area contributed by atoms with Gasteiger partial charge in [0.1, 0.15) is 24.1 Å². The van der Waals surface area contributed by atoms with E-state index in [9.17, 15) is 18.0 Å². The average Bonchev–Trinajstić information content (AvgIpc) is 3.57. The molecule has 4 aromatic rings. The third kappa shape index (κ3) is 8.04. The van der Waals surface area contributed by atoms with Crippen molar-refractivity contribution in [2.45, 2.75) is 56.1 Å². The molecule has 45 heavy (non-hydrogen) atoms. The third-order valence-corrected chi connectivity index (χ3v) is 10.0. The van der Waals surface area contributed by atoms with Gasteiger partial charge in [0.05, 0.1) is 10.6 Å². The van der Waals surface area contributed by atoms with E-state index >= 15 is 0 Å². The number of hydrogen-bond acceptors (Lipinski definition) is 5. The molecule has 2 amide bonds. The number of carbonyl (C=O) groups is 2. The van der Waals surface area contributed by atoms with Gasteiger partial charge in [-0.05, 0) is 79.9 Å². The van der Waals surface area contributed by atoms with Crippen molar-refractivity contribution in [3.8, 4) is 11.5 Å². The van der Waals surface area contributed by atoms with Gasteiger partial charge in [0, 0.05) is 17.6 Å². The molecule has 10 heteroatoms. The van der Waals surface area contributed by atoms with Gasteiger partial charge in [-0.1, -0.05) is 79.0 Å². The lowest BCUT2D eigenvalue weighted by Crippen LogP contribution is -2.52. The summed E-state index contributed by atoms with van der Waals surface area (Å²) in [6.45, 7) is 1.15. The number of halogens is 1. The first-order chi connectivity index (χ1) is 21.7. The summed E-state index contributed by atoms with van der Waals surface area (Å²) in [5.74, 6) is 0.301. The van der Waals surface area contributed by atoms with Crippen LogP contribution >= 0.6 is 11.6 Å². The molecule has 0 aromatic heterocycles. The third-order valence-electron chi connectivity index (χ3n) is 7.88. The molecule has 1 aliphatic carbocycles. The number of hydrogen-bond donors (Lipinski definition) is 1. The Hall–Kier alpha value is -4.34. The van der Waals surface area contributed by atoms with Crippen molar-refractivity contribution in [3.05, 3.63) is 120 Å². The van der Waals surface area contributed by atoms with Crippen molar-refractivity contribution >= 4 is 39.1 Å². The molecule has 1 saturated carbocycles. The first kappa shape index (κ1) is 32.1. The molecule has 5 rings (SSSR count). The lowest BCUT2D eigenvalue weighted by molar-refractivity contribution is -0.139. The number of nitrogens with one attached hydrogen (secondary N) is 1. The van der Waals surface area contributed by atoms with Crippen molar-refractivity contribution in [2.75, 3.05) is 10.8 Å². The first-order valence-electron chi connectivity index (χ1n) is 15.0. The summed E-state index contributed by atoms with van der Waals surface area (Å²) in [4.78, 5) is 29.0. The predicted octanol–water partition coefficient (Wildman–Crippen LogP) is 6.80. The summed E-state index contributed by atoms with van der Waals surface area (Å²) in [5, 5.41) is 3.52. The molecular formula is C35H36ClN3O5S. The van der Waals surface area contributed by atoms with Crippen LogP contribution in [0.1, 0.15) is 38.2 Å². The standard InChI is InChI=1S/C35H36ClN3O5S/c1-26(35(41)37-28-13-9-10-14-28)38(24-27-12-8-11-19-33(27)36)34(40)25-39(45(42,43)32-17-6-3-7-18-32)29-20-22-31(23-21-29)44-30-15-4-2-5-16-30/h2-8,11-12,15-23,26,28H,9-10,13-14,24-25H2,1H3,(H,37,41). The number of anilines is 1. The Morgan fingerprint density at radius 2 is 1.42 bits per heavy atom. The number of ether oxygens (including phenoxy) is 1. The minimum Gasteiger partial charge on any atom is -0.457 e. The molecule has 8 nitrogen and oxygen atoms in total. The minimum absolute atomic E-state index is 0.0286. The molecule has 0 bridgehead atoms. The van der Waals surface area contributed by atoms with Crippen LogP contribution in [0.3, 0.4) is 0 Å². The molecule has 0 aliphatic heterocycles. The number of nitrogens with zero attached hydrogens (tertiary/aromatic N) is 2. The fraction of sp³-hybridized carbons (Fsp3) is 0.257. The summed E-state index contributed by atoms with van der Waals surface area (Å²) in [7, 11) is -4.18. The summed E-state index contributed by atoms with van der Waals surface area (Å²) >= 11 is 6.47. The van der Waals surface area contributed by atoms with Crippen LogP contribution in [0.5, 0.6) is 11.5 Å². The fourth-order valence-corrected chi connectivity index (χ4v) is 6.97. The number of benzene rings is 4. The van der Waals surface area contributed by atoms with Crippen LogP contribution in [0, 0.1) is 0 Å². The molecule has 0 spiro atoms. The van der Waals surface area contributed by atoms with E-state index in [0.717, 1.165) is 30.0 Å². The molecule has 0 saturated heterocycles. The van der Waals surface area contributed by atoms with Gasteiger partial charge in [-0.15, -0.1) is 0 Å². The molecule has 4 aromatic carbocycles. The van der Waals surface area contributed by atoms with Gasteiger partial charge in [-0.2, -0.15) is 0 Å². The zero-order valence-corrected chi connectivity index (χ0v) is 26.6. The second-order valence-electron chi connectivity index (χ2n) is 11.0. The lowest BCUT2D eigenvalue weighted by Gasteiger charge is -2.32. The van der Waals surface area contributed by atoms with E-state index in [0.29, 0.717) is 22.1 Å². The predicted molar refractivity (Wildman–Crippen MR) is 176 cm³/mol. The summed E-state index contributed by atoms with van der Waals surface area (Å²) < 4.78 is 35.0. The Kier molecular flexibility index (Phi) is 10.4. The number of amides is 2. The van der Waals surface area contributed by atoms with Crippen molar-refractivity contribution in [1.29, 1.82) is 0 Å². The summed E-state index contributed by atoms with van der Waals surface area (Å²) in [5.41, 5.74) is 0.918.